The van der Waals surface area contributed by atoms with Crippen molar-refractivity contribution >= 4 is 40.1 Å². The van der Waals surface area contributed by atoms with Crippen molar-refractivity contribution in [2.75, 3.05) is 0 Å². The number of rotatable bonds is 5. The number of fused-ring (bicyclic) bond motifs is 1. The summed E-state index contributed by atoms with van der Waals surface area (Å²) in [5, 5.41) is 16.2. The Morgan fingerprint density at radius 1 is 1.26 bits per heavy atom. The van der Waals surface area contributed by atoms with Gasteiger partial charge in [-0.1, -0.05) is 40.7 Å². The van der Waals surface area contributed by atoms with Gasteiger partial charge < -0.3 is 9.09 Å². The maximum atomic E-state index is 10.9. The summed E-state index contributed by atoms with van der Waals surface area (Å²) in [6.45, 7) is 0. The second kappa shape index (κ2) is 7.01. The highest BCUT2D eigenvalue weighted by Gasteiger charge is 2.14. The number of nitro benzene ring substituents is 1. The predicted octanol–water partition coefficient (Wildman–Crippen LogP) is 4.48. The van der Waals surface area contributed by atoms with Crippen LogP contribution < -0.4 is 0 Å². The fourth-order valence-electron chi connectivity index (χ4n) is 2.60. The summed E-state index contributed by atoms with van der Waals surface area (Å²) >= 11 is 7.47. The Morgan fingerprint density at radius 3 is 2.93 bits per heavy atom. The molecule has 0 fully saturated rings. The van der Waals surface area contributed by atoms with Crippen molar-refractivity contribution in [1.29, 1.82) is 0 Å². The zero-order valence-electron chi connectivity index (χ0n) is 14.0. The average Bonchev–Trinajstić information content (AvgIpc) is 3.25. The number of imidazole rings is 1. The number of halogens is 1. The van der Waals surface area contributed by atoms with E-state index in [4.69, 9.17) is 16.1 Å². The molecule has 0 atom stereocenters. The molecular weight excluding hydrogens is 390 g/mol. The summed E-state index contributed by atoms with van der Waals surface area (Å²) in [4.78, 5) is 19.3. The molecule has 8 nitrogen and oxygen atoms in total. The molecule has 0 spiro atoms. The minimum atomic E-state index is -0.460. The maximum absolute atomic E-state index is 10.9. The second-order valence-corrected chi connectivity index (χ2v) is 7.07. The molecule has 4 aromatic rings. The summed E-state index contributed by atoms with van der Waals surface area (Å²) in [6, 6.07) is 11.7. The molecule has 27 heavy (non-hydrogen) atoms. The van der Waals surface area contributed by atoms with Crippen LogP contribution in [-0.2, 0) is 12.8 Å². The van der Waals surface area contributed by atoms with E-state index in [1.807, 2.05) is 29.8 Å². The highest BCUT2D eigenvalue weighted by Crippen LogP contribution is 2.28. The monoisotopic (exact) mass is 401 g/mol. The van der Waals surface area contributed by atoms with Crippen LogP contribution in [-0.4, -0.2) is 24.6 Å². The van der Waals surface area contributed by atoms with Crippen LogP contribution in [0.2, 0.25) is 5.02 Å². The fourth-order valence-corrected chi connectivity index (χ4v) is 3.59. The zero-order valence-corrected chi connectivity index (χ0v) is 15.6. The third-order valence-electron chi connectivity index (χ3n) is 3.91. The quantitative estimate of drug-likeness (QED) is 0.276. The highest BCUT2D eigenvalue weighted by atomic mass is 35.5. The summed E-state index contributed by atoms with van der Waals surface area (Å²) < 4.78 is 7.23. The van der Waals surface area contributed by atoms with E-state index < -0.39 is 4.92 Å². The van der Waals surface area contributed by atoms with Gasteiger partial charge in [-0.15, -0.1) is 0 Å². The van der Waals surface area contributed by atoms with Gasteiger partial charge >= 0.3 is 0 Å². The molecule has 0 aliphatic carbocycles. The van der Waals surface area contributed by atoms with Gasteiger partial charge in [-0.3, -0.25) is 10.1 Å². The Hall–Kier alpha value is -2.91. The standard InChI is InChI=1S/C17H12ClN5O3S/c1-22-14-6-5-11(18)8-13(14)19-17(22)27-9-15-20-16(21-26-15)10-3-2-4-12(7-10)23(24)25/h2-8H,9H2,1H3. The van der Waals surface area contributed by atoms with Gasteiger partial charge in [0.1, 0.15) is 0 Å². The average molecular weight is 402 g/mol. The number of aryl methyl sites for hydroxylation is 1. The molecule has 0 saturated carbocycles. The molecule has 0 bridgehead atoms. The van der Waals surface area contributed by atoms with E-state index in [9.17, 15) is 10.1 Å². The van der Waals surface area contributed by atoms with E-state index in [2.05, 4.69) is 15.1 Å². The van der Waals surface area contributed by atoms with E-state index in [-0.39, 0.29) is 5.69 Å². The summed E-state index contributed by atoms with van der Waals surface area (Å²) in [7, 11) is 1.92. The molecule has 0 aliphatic heterocycles. The SMILES string of the molecule is Cn1c(SCc2nc(-c3cccc([N+](=O)[O-])c3)no2)nc2cc(Cl)ccc21. The Morgan fingerprint density at radius 2 is 2.11 bits per heavy atom. The maximum Gasteiger partial charge on any atom is 0.270 e. The molecule has 136 valence electrons. The molecule has 0 unspecified atom stereocenters. The Labute approximate surface area is 162 Å². The van der Waals surface area contributed by atoms with Crippen molar-refractivity contribution in [1.82, 2.24) is 19.7 Å². The Kier molecular flexibility index (Phi) is 4.54. The zero-order chi connectivity index (χ0) is 19.0. The smallest absolute Gasteiger partial charge is 0.270 e. The van der Waals surface area contributed by atoms with Crippen LogP contribution in [0.4, 0.5) is 5.69 Å². The number of nitrogens with zero attached hydrogens (tertiary/aromatic N) is 5. The summed E-state index contributed by atoms with van der Waals surface area (Å²) in [5.74, 6) is 1.14. The minimum absolute atomic E-state index is 0.0217. The van der Waals surface area contributed by atoms with Gasteiger partial charge in [0.15, 0.2) is 5.16 Å². The van der Waals surface area contributed by atoms with Gasteiger partial charge in [0.25, 0.3) is 5.69 Å². The number of benzene rings is 2. The first kappa shape index (κ1) is 17.5. The van der Waals surface area contributed by atoms with Crippen molar-refractivity contribution < 1.29 is 9.45 Å². The van der Waals surface area contributed by atoms with E-state index in [0.717, 1.165) is 16.2 Å². The first-order valence-electron chi connectivity index (χ1n) is 7.83. The number of non-ortho nitro benzene ring substituents is 1. The fraction of sp³-hybridized carbons (Fsp3) is 0.118. The molecule has 4 rings (SSSR count). The lowest BCUT2D eigenvalue weighted by Crippen LogP contribution is -1.91. The van der Waals surface area contributed by atoms with Crippen LogP contribution >= 0.6 is 23.4 Å². The molecule has 2 aromatic heterocycles. The van der Waals surface area contributed by atoms with Gasteiger partial charge in [0.05, 0.1) is 21.7 Å². The van der Waals surface area contributed by atoms with Crippen molar-refractivity contribution in [2.45, 2.75) is 10.9 Å². The topological polar surface area (TPSA) is 99.9 Å². The number of aromatic nitrogens is 4. The van der Waals surface area contributed by atoms with Crippen LogP contribution in [0.1, 0.15) is 5.89 Å². The van der Waals surface area contributed by atoms with E-state index >= 15 is 0 Å². The number of hydrogen-bond acceptors (Lipinski definition) is 7. The number of thioether (sulfide) groups is 1. The highest BCUT2D eigenvalue weighted by molar-refractivity contribution is 7.98. The largest absolute Gasteiger partial charge is 0.338 e. The van der Waals surface area contributed by atoms with Gasteiger partial charge in [-0.25, -0.2) is 4.98 Å². The molecule has 2 aromatic carbocycles. The first-order valence-corrected chi connectivity index (χ1v) is 9.20. The van der Waals surface area contributed by atoms with Crippen LogP contribution in [0, 0.1) is 10.1 Å². The lowest BCUT2D eigenvalue weighted by molar-refractivity contribution is -0.384. The molecule has 0 radical (unpaired) electrons. The van der Waals surface area contributed by atoms with Crippen LogP contribution in [0.15, 0.2) is 52.1 Å². The third-order valence-corrected chi connectivity index (χ3v) is 5.16. The van der Waals surface area contributed by atoms with Gasteiger partial charge in [0, 0.05) is 29.8 Å². The lowest BCUT2D eigenvalue weighted by Gasteiger charge is -1.99. The first-order chi connectivity index (χ1) is 13.0. The van der Waals surface area contributed by atoms with E-state index in [1.165, 1.54) is 23.9 Å². The van der Waals surface area contributed by atoms with Gasteiger partial charge in [-0.05, 0) is 18.2 Å². The molecular formula is C17H12ClN5O3S. The normalized spacial score (nSPS) is 11.2. The van der Waals surface area contributed by atoms with Crippen LogP contribution in [0.5, 0.6) is 0 Å². The molecule has 0 aliphatic rings. The van der Waals surface area contributed by atoms with Crippen molar-refractivity contribution in [3.63, 3.8) is 0 Å². The molecule has 0 saturated heterocycles. The second-order valence-electron chi connectivity index (χ2n) is 5.69. The molecule has 0 amide bonds. The summed E-state index contributed by atoms with van der Waals surface area (Å²) in [6.07, 6.45) is 0. The number of nitro groups is 1. The predicted molar refractivity (Wildman–Crippen MR) is 102 cm³/mol. The molecule has 2 heterocycles. The van der Waals surface area contributed by atoms with Crippen LogP contribution in [0.3, 0.4) is 0 Å². The van der Waals surface area contributed by atoms with Gasteiger partial charge in [0.2, 0.25) is 11.7 Å². The van der Waals surface area contributed by atoms with Crippen molar-refractivity contribution in [3.8, 4) is 11.4 Å². The van der Waals surface area contributed by atoms with Crippen LogP contribution in [0.25, 0.3) is 22.4 Å². The van der Waals surface area contributed by atoms with E-state index in [1.54, 1.807) is 12.1 Å². The Balaban J connectivity index is 1.53. The molecule has 10 heteroatoms. The Bertz CT molecular complexity index is 1160. The van der Waals surface area contributed by atoms with Crippen molar-refractivity contribution in [2.24, 2.45) is 7.05 Å². The molecule has 0 N–H and O–H groups in total. The summed E-state index contributed by atoms with van der Waals surface area (Å²) in [5.41, 5.74) is 2.30. The number of hydrogen-bond donors (Lipinski definition) is 0. The lowest BCUT2D eigenvalue weighted by atomic mass is 10.2. The third kappa shape index (κ3) is 3.51. The van der Waals surface area contributed by atoms with Gasteiger partial charge in [-0.2, -0.15) is 4.98 Å². The van der Waals surface area contributed by atoms with Crippen molar-refractivity contribution in [3.05, 3.63) is 63.5 Å². The minimum Gasteiger partial charge on any atom is -0.338 e. The van der Waals surface area contributed by atoms with E-state index in [0.29, 0.717) is 28.1 Å².